The summed E-state index contributed by atoms with van der Waals surface area (Å²) >= 11 is 5.57. The zero-order chi connectivity index (χ0) is 13.3. The predicted octanol–water partition coefficient (Wildman–Crippen LogP) is 2.94. The number of hydrogen-bond donors (Lipinski definition) is 1. The number of ether oxygens (including phenoxy) is 1. The third-order valence-electron chi connectivity index (χ3n) is 2.44. The molecule has 18 heavy (non-hydrogen) atoms. The molecule has 4 nitrogen and oxygen atoms in total. The van der Waals surface area contributed by atoms with E-state index in [0.29, 0.717) is 10.4 Å². The summed E-state index contributed by atoms with van der Waals surface area (Å²) in [6.07, 6.45) is 0. The Morgan fingerprint density at radius 3 is 2.94 bits per heavy atom. The Bertz CT molecular complexity index is 672. The molecule has 0 atom stereocenters. The van der Waals surface area contributed by atoms with Gasteiger partial charge >= 0.3 is 5.63 Å². The molecule has 0 aliphatic rings. The molecule has 0 aliphatic heterocycles. The maximum Gasteiger partial charge on any atom is 0.336 e. The molecule has 1 heterocycles. The molecule has 1 aromatic heterocycles. The van der Waals surface area contributed by atoms with E-state index < -0.39 is 5.63 Å². The van der Waals surface area contributed by atoms with Crippen molar-refractivity contribution in [3.63, 3.8) is 0 Å². The van der Waals surface area contributed by atoms with Crippen molar-refractivity contribution in [2.24, 2.45) is 0 Å². The van der Waals surface area contributed by atoms with Gasteiger partial charge in [0, 0.05) is 16.5 Å². The van der Waals surface area contributed by atoms with Gasteiger partial charge in [-0.2, -0.15) is 0 Å². The Balaban J connectivity index is 2.56. The van der Waals surface area contributed by atoms with E-state index in [1.54, 1.807) is 19.1 Å². The number of hydrogen-bond acceptors (Lipinski definition) is 4. The van der Waals surface area contributed by atoms with Crippen LogP contribution in [0, 0.1) is 6.92 Å². The van der Waals surface area contributed by atoms with E-state index in [2.05, 4.69) is 6.58 Å². The fourth-order valence-corrected chi connectivity index (χ4v) is 1.68. The van der Waals surface area contributed by atoms with Gasteiger partial charge in [0.05, 0.1) is 0 Å². The summed E-state index contributed by atoms with van der Waals surface area (Å²) in [5.41, 5.74) is 0.316. The van der Waals surface area contributed by atoms with Crippen molar-refractivity contribution in [1.29, 1.82) is 0 Å². The summed E-state index contributed by atoms with van der Waals surface area (Å²) in [6, 6.07) is 4.66. The van der Waals surface area contributed by atoms with Crippen molar-refractivity contribution in [2.45, 2.75) is 6.92 Å². The van der Waals surface area contributed by atoms with Crippen LogP contribution in [-0.2, 0) is 0 Å². The topological polar surface area (TPSA) is 59.7 Å². The first-order valence-corrected chi connectivity index (χ1v) is 5.59. The third-order valence-corrected chi connectivity index (χ3v) is 2.55. The molecule has 0 saturated heterocycles. The minimum absolute atomic E-state index is 0.0661. The molecular weight excluding hydrogens is 256 g/mol. The van der Waals surface area contributed by atoms with Crippen LogP contribution in [0.3, 0.4) is 0 Å². The average Bonchev–Trinajstić information content (AvgIpc) is 2.29. The quantitative estimate of drug-likeness (QED) is 0.868. The van der Waals surface area contributed by atoms with Crippen LogP contribution < -0.4 is 10.4 Å². The van der Waals surface area contributed by atoms with E-state index in [-0.39, 0.29) is 23.7 Å². The lowest BCUT2D eigenvalue weighted by atomic mass is 10.1. The molecule has 0 fully saturated rings. The molecular formula is C13H11ClO4. The van der Waals surface area contributed by atoms with E-state index in [1.165, 1.54) is 6.07 Å². The maximum absolute atomic E-state index is 11.3. The van der Waals surface area contributed by atoms with Crippen LogP contribution >= 0.6 is 11.6 Å². The Labute approximate surface area is 108 Å². The van der Waals surface area contributed by atoms with Crippen LogP contribution in [-0.4, -0.2) is 11.7 Å². The molecule has 0 saturated carbocycles. The zero-order valence-electron chi connectivity index (χ0n) is 9.70. The van der Waals surface area contributed by atoms with Crippen LogP contribution in [0.1, 0.15) is 5.56 Å². The highest BCUT2D eigenvalue weighted by molar-refractivity contribution is 6.29. The van der Waals surface area contributed by atoms with E-state index in [0.717, 1.165) is 5.56 Å². The smallest absolute Gasteiger partial charge is 0.336 e. The molecule has 0 amide bonds. The molecule has 0 unspecified atom stereocenters. The van der Waals surface area contributed by atoms with Gasteiger partial charge < -0.3 is 14.3 Å². The van der Waals surface area contributed by atoms with Gasteiger partial charge in [-0.25, -0.2) is 4.79 Å². The van der Waals surface area contributed by atoms with Crippen LogP contribution in [0.25, 0.3) is 11.0 Å². The molecule has 0 spiro atoms. The maximum atomic E-state index is 11.3. The van der Waals surface area contributed by atoms with Gasteiger partial charge in [-0.15, -0.1) is 0 Å². The lowest BCUT2D eigenvalue weighted by molar-refractivity contribution is 0.332. The fraction of sp³-hybridized carbons (Fsp3) is 0.154. The number of fused-ring (bicyclic) bond motifs is 1. The largest absolute Gasteiger partial charge is 0.502 e. The van der Waals surface area contributed by atoms with E-state index in [4.69, 9.17) is 20.8 Å². The van der Waals surface area contributed by atoms with Crippen molar-refractivity contribution < 1.29 is 14.3 Å². The molecule has 2 aromatic rings. The molecule has 94 valence electrons. The third kappa shape index (κ3) is 2.33. The molecule has 1 N–H and O–H groups in total. The van der Waals surface area contributed by atoms with Gasteiger partial charge in [0.2, 0.25) is 5.75 Å². The lowest BCUT2D eigenvalue weighted by Crippen LogP contribution is -2.00. The number of rotatable bonds is 3. The first kappa shape index (κ1) is 12.5. The standard InChI is InChI=1S/C13H11ClO4/c1-7-5-11(15)18-13-9(7)3-4-10(12(13)16)17-6-8(2)14/h3-5,16H,2,6H2,1H3. The lowest BCUT2D eigenvalue weighted by Gasteiger charge is -2.09. The van der Waals surface area contributed by atoms with Gasteiger partial charge in [-0.3, -0.25) is 0 Å². The number of phenols is 1. The molecule has 0 aliphatic carbocycles. The minimum Gasteiger partial charge on any atom is -0.502 e. The Hall–Kier alpha value is -1.94. The highest BCUT2D eigenvalue weighted by Gasteiger charge is 2.12. The van der Waals surface area contributed by atoms with E-state index >= 15 is 0 Å². The normalized spacial score (nSPS) is 10.6. The highest BCUT2D eigenvalue weighted by atomic mass is 35.5. The van der Waals surface area contributed by atoms with Gasteiger partial charge in [-0.05, 0) is 24.6 Å². The Morgan fingerprint density at radius 1 is 1.56 bits per heavy atom. The summed E-state index contributed by atoms with van der Waals surface area (Å²) in [5.74, 6) is -0.0238. The van der Waals surface area contributed by atoms with Crippen LogP contribution in [0.4, 0.5) is 0 Å². The average molecular weight is 267 g/mol. The van der Waals surface area contributed by atoms with Crippen molar-refractivity contribution in [3.8, 4) is 11.5 Å². The van der Waals surface area contributed by atoms with Gasteiger partial charge in [-0.1, -0.05) is 18.2 Å². The summed E-state index contributed by atoms with van der Waals surface area (Å²) in [7, 11) is 0. The molecule has 0 radical (unpaired) electrons. The first-order valence-electron chi connectivity index (χ1n) is 5.21. The van der Waals surface area contributed by atoms with Gasteiger partial charge in [0.25, 0.3) is 0 Å². The number of benzene rings is 1. The summed E-state index contributed by atoms with van der Waals surface area (Å²) in [5, 5.41) is 10.9. The number of aryl methyl sites for hydroxylation is 1. The Morgan fingerprint density at radius 2 is 2.28 bits per heavy atom. The van der Waals surface area contributed by atoms with Gasteiger partial charge in [0.15, 0.2) is 11.3 Å². The molecule has 2 rings (SSSR count). The van der Waals surface area contributed by atoms with Crippen molar-refractivity contribution in [3.05, 3.63) is 45.8 Å². The van der Waals surface area contributed by atoms with E-state index in [1.807, 2.05) is 0 Å². The van der Waals surface area contributed by atoms with Crippen molar-refractivity contribution in [1.82, 2.24) is 0 Å². The van der Waals surface area contributed by atoms with Crippen LogP contribution in [0.5, 0.6) is 11.5 Å². The Kier molecular flexibility index (Phi) is 3.30. The fourth-order valence-electron chi connectivity index (χ4n) is 1.62. The van der Waals surface area contributed by atoms with Crippen LogP contribution in [0.2, 0.25) is 0 Å². The minimum atomic E-state index is -0.519. The van der Waals surface area contributed by atoms with Gasteiger partial charge in [0.1, 0.15) is 6.61 Å². The highest BCUT2D eigenvalue weighted by Crippen LogP contribution is 2.35. The number of halogens is 1. The second-order valence-electron chi connectivity index (χ2n) is 3.84. The predicted molar refractivity (Wildman–Crippen MR) is 69.4 cm³/mol. The number of phenolic OH excluding ortho intramolecular Hbond substituents is 1. The molecule has 1 aromatic carbocycles. The summed E-state index contributed by atoms with van der Waals surface area (Å²) in [6.45, 7) is 5.31. The van der Waals surface area contributed by atoms with Crippen LogP contribution in [0.15, 0.2) is 39.0 Å². The van der Waals surface area contributed by atoms with Crippen molar-refractivity contribution >= 4 is 22.6 Å². The summed E-state index contributed by atoms with van der Waals surface area (Å²) < 4.78 is 10.2. The first-order chi connectivity index (χ1) is 8.49. The monoisotopic (exact) mass is 266 g/mol. The second-order valence-corrected chi connectivity index (χ2v) is 4.38. The molecule has 5 heteroatoms. The van der Waals surface area contributed by atoms with E-state index in [9.17, 15) is 9.90 Å². The SMILES string of the molecule is C=C(Cl)COc1ccc2c(C)cc(=O)oc2c1O. The van der Waals surface area contributed by atoms with Crippen molar-refractivity contribution in [2.75, 3.05) is 6.61 Å². The number of aromatic hydroxyl groups is 1. The zero-order valence-corrected chi connectivity index (χ0v) is 10.5. The molecule has 0 bridgehead atoms. The summed E-state index contributed by atoms with van der Waals surface area (Å²) in [4.78, 5) is 11.3. The second kappa shape index (κ2) is 4.74.